The summed E-state index contributed by atoms with van der Waals surface area (Å²) in [7, 11) is 0. The Hall–Kier alpha value is 1.05. The molecule has 0 aromatic rings. The Morgan fingerprint density at radius 1 is 1.31 bits per heavy atom. The predicted molar refractivity (Wildman–Crippen MR) is 72.7 cm³/mol. The van der Waals surface area contributed by atoms with Crippen LogP contribution < -0.4 is 0 Å². The number of thiol groups is 3. The lowest BCUT2D eigenvalue weighted by atomic mass is 9.97. The van der Waals surface area contributed by atoms with Crippen molar-refractivity contribution in [1.29, 1.82) is 0 Å². The number of rotatable bonds is 6. The van der Waals surface area contributed by atoms with Crippen molar-refractivity contribution in [2.45, 2.75) is 50.0 Å². The van der Waals surface area contributed by atoms with Crippen molar-refractivity contribution < 1.29 is 0 Å². The smallest absolute Gasteiger partial charge is 0.00731 e. The molecule has 0 bridgehead atoms. The van der Waals surface area contributed by atoms with Crippen molar-refractivity contribution in [3.63, 3.8) is 0 Å². The molecule has 0 saturated carbocycles. The highest BCUT2D eigenvalue weighted by Gasteiger charge is 2.15. The third-order valence-corrected chi connectivity index (χ3v) is 3.39. The maximum atomic E-state index is 4.50. The summed E-state index contributed by atoms with van der Waals surface area (Å²) in [5.74, 6) is 1.58. The van der Waals surface area contributed by atoms with Crippen LogP contribution in [0.3, 0.4) is 0 Å². The molecule has 0 amide bonds. The molecule has 0 radical (unpaired) electrons. The van der Waals surface area contributed by atoms with Gasteiger partial charge < -0.3 is 0 Å². The minimum atomic E-state index is 0.168. The van der Waals surface area contributed by atoms with Gasteiger partial charge in [-0.2, -0.15) is 37.9 Å². The summed E-state index contributed by atoms with van der Waals surface area (Å²) in [4.78, 5) is 0. The summed E-state index contributed by atoms with van der Waals surface area (Å²) in [5, 5.41) is 0.459. The van der Waals surface area contributed by atoms with Gasteiger partial charge in [0.15, 0.2) is 0 Å². The van der Waals surface area contributed by atoms with Gasteiger partial charge in [-0.1, -0.05) is 27.2 Å². The minimum absolute atomic E-state index is 0.168. The fraction of sp³-hybridized carbons (Fsp3) is 1.00. The second-order valence-electron chi connectivity index (χ2n) is 4.39. The fourth-order valence-electron chi connectivity index (χ4n) is 1.28. The van der Waals surface area contributed by atoms with E-state index in [4.69, 9.17) is 0 Å². The van der Waals surface area contributed by atoms with E-state index in [1.807, 2.05) is 0 Å². The van der Waals surface area contributed by atoms with E-state index in [0.717, 1.165) is 5.75 Å². The van der Waals surface area contributed by atoms with Crippen LogP contribution in [0.1, 0.15) is 40.0 Å². The highest BCUT2D eigenvalue weighted by atomic mass is 32.1. The second-order valence-corrected chi connectivity index (χ2v) is 6.78. The first-order chi connectivity index (χ1) is 5.87. The van der Waals surface area contributed by atoms with Crippen molar-refractivity contribution in [2.75, 3.05) is 5.75 Å². The van der Waals surface area contributed by atoms with Gasteiger partial charge in [0.1, 0.15) is 0 Å². The van der Waals surface area contributed by atoms with Crippen molar-refractivity contribution in [3.8, 4) is 0 Å². The van der Waals surface area contributed by atoms with Crippen LogP contribution in [0, 0.1) is 5.92 Å². The summed E-state index contributed by atoms with van der Waals surface area (Å²) in [6, 6.07) is 0. The fourth-order valence-corrected chi connectivity index (χ4v) is 2.36. The van der Waals surface area contributed by atoms with E-state index in [2.05, 4.69) is 58.7 Å². The normalized spacial score (nSPS) is 17.1. The molecule has 0 aliphatic heterocycles. The van der Waals surface area contributed by atoms with Crippen molar-refractivity contribution in [2.24, 2.45) is 5.92 Å². The van der Waals surface area contributed by atoms with E-state index in [1.165, 1.54) is 19.3 Å². The molecule has 2 atom stereocenters. The van der Waals surface area contributed by atoms with Crippen LogP contribution in [0.4, 0.5) is 0 Å². The van der Waals surface area contributed by atoms with Gasteiger partial charge in [0.25, 0.3) is 0 Å². The largest absolute Gasteiger partial charge is 0.179 e. The lowest BCUT2D eigenvalue weighted by Crippen LogP contribution is -2.16. The number of hydrogen-bond acceptors (Lipinski definition) is 3. The highest BCUT2D eigenvalue weighted by molar-refractivity contribution is 7.81. The van der Waals surface area contributed by atoms with Crippen LogP contribution in [-0.2, 0) is 0 Å². The quantitative estimate of drug-likeness (QED) is 0.577. The Kier molecular flexibility index (Phi) is 7.04. The van der Waals surface area contributed by atoms with E-state index in [1.54, 1.807) is 0 Å². The molecule has 13 heavy (non-hydrogen) atoms. The van der Waals surface area contributed by atoms with E-state index in [0.29, 0.717) is 11.2 Å². The molecule has 0 saturated heterocycles. The zero-order chi connectivity index (χ0) is 10.5. The second kappa shape index (κ2) is 6.52. The van der Waals surface area contributed by atoms with Crippen LogP contribution in [0.15, 0.2) is 0 Å². The van der Waals surface area contributed by atoms with Gasteiger partial charge in [-0.3, -0.25) is 0 Å². The average molecular weight is 238 g/mol. The van der Waals surface area contributed by atoms with Gasteiger partial charge in [0.05, 0.1) is 0 Å². The molecule has 0 aliphatic rings. The molecule has 0 fully saturated rings. The molecule has 0 heterocycles. The van der Waals surface area contributed by atoms with E-state index >= 15 is 0 Å². The molecule has 0 aromatic heterocycles. The van der Waals surface area contributed by atoms with E-state index < -0.39 is 0 Å². The van der Waals surface area contributed by atoms with Gasteiger partial charge in [0.2, 0.25) is 0 Å². The highest BCUT2D eigenvalue weighted by Crippen LogP contribution is 2.24. The molecule has 2 unspecified atom stereocenters. The summed E-state index contributed by atoms with van der Waals surface area (Å²) in [5.41, 5.74) is 0. The first-order valence-electron chi connectivity index (χ1n) is 4.88. The van der Waals surface area contributed by atoms with Crippen molar-refractivity contribution in [3.05, 3.63) is 0 Å². The summed E-state index contributed by atoms with van der Waals surface area (Å²) in [6.07, 6.45) is 3.62. The molecular formula is C10H22S3. The number of hydrogen-bond donors (Lipinski definition) is 3. The van der Waals surface area contributed by atoms with Gasteiger partial charge in [-0.25, -0.2) is 0 Å². The predicted octanol–water partition coefficient (Wildman–Crippen LogP) is 3.73. The molecule has 80 valence electrons. The minimum Gasteiger partial charge on any atom is -0.179 e. The Morgan fingerprint density at radius 3 is 2.15 bits per heavy atom. The van der Waals surface area contributed by atoms with Crippen LogP contribution in [0.5, 0.6) is 0 Å². The molecule has 3 heteroatoms. The Bertz CT molecular complexity index is 127. The summed E-state index contributed by atoms with van der Waals surface area (Å²) in [6.45, 7) is 6.47. The first-order valence-corrected chi connectivity index (χ1v) is 6.47. The van der Waals surface area contributed by atoms with E-state index in [9.17, 15) is 0 Å². The Labute approximate surface area is 99.5 Å². The first kappa shape index (κ1) is 14.1. The monoisotopic (exact) mass is 238 g/mol. The molecule has 0 aromatic carbocycles. The van der Waals surface area contributed by atoms with Crippen molar-refractivity contribution in [1.82, 2.24) is 0 Å². The molecule has 0 spiro atoms. The molecule has 0 rings (SSSR count). The Morgan fingerprint density at radius 2 is 1.85 bits per heavy atom. The zero-order valence-corrected chi connectivity index (χ0v) is 11.5. The average Bonchev–Trinajstić information content (AvgIpc) is 1.95. The van der Waals surface area contributed by atoms with Crippen LogP contribution in [-0.4, -0.2) is 15.7 Å². The van der Waals surface area contributed by atoms with Gasteiger partial charge in [0, 0.05) is 10.00 Å². The van der Waals surface area contributed by atoms with Gasteiger partial charge >= 0.3 is 0 Å². The Balaban J connectivity index is 3.62. The molecule has 0 N–H and O–H groups in total. The van der Waals surface area contributed by atoms with E-state index in [-0.39, 0.29) is 4.75 Å². The third-order valence-electron chi connectivity index (χ3n) is 2.28. The SMILES string of the molecule is CC(S)C(CS)CCCC(C)(C)S. The lowest BCUT2D eigenvalue weighted by Gasteiger charge is -2.21. The summed E-state index contributed by atoms with van der Waals surface area (Å²) < 4.78 is 0.168. The van der Waals surface area contributed by atoms with Crippen LogP contribution >= 0.6 is 37.9 Å². The zero-order valence-electron chi connectivity index (χ0n) is 8.82. The maximum absolute atomic E-state index is 4.50. The molecule has 0 aliphatic carbocycles. The standard InChI is InChI=1S/C10H22S3/c1-8(12)9(7-11)5-4-6-10(2,3)13/h8-9,11-13H,4-7H2,1-3H3. The topological polar surface area (TPSA) is 0 Å². The van der Waals surface area contributed by atoms with Crippen LogP contribution in [0.25, 0.3) is 0 Å². The van der Waals surface area contributed by atoms with Gasteiger partial charge in [-0.05, 0) is 24.5 Å². The van der Waals surface area contributed by atoms with Crippen LogP contribution in [0.2, 0.25) is 0 Å². The third kappa shape index (κ3) is 8.07. The van der Waals surface area contributed by atoms with Gasteiger partial charge in [-0.15, -0.1) is 0 Å². The molecular weight excluding hydrogens is 216 g/mol. The summed E-state index contributed by atoms with van der Waals surface area (Å²) >= 11 is 13.3. The maximum Gasteiger partial charge on any atom is 0.00731 e. The lowest BCUT2D eigenvalue weighted by molar-refractivity contribution is 0.479. The van der Waals surface area contributed by atoms with Crippen molar-refractivity contribution >= 4 is 37.9 Å². The molecule has 0 nitrogen and oxygen atoms in total.